The van der Waals surface area contributed by atoms with Crippen LogP contribution in [0.15, 0.2) is 0 Å². The largest absolute Gasteiger partial charge is 0.349 e. The summed E-state index contributed by atoms with van der Waals surface area (Å²) >= 11 is 0. The van der Waals surface area contributed by atoms with Gasteiger partial charge in [-0.05, 0) is 13.8 Å². The second-order valence-corrected chi connectivity index (χ2v) is 1.69. The van der Waals surface area contributed by atoms with Crippen molar-refractivity contribution in [3.8, 4) is 12.1 Å². The van der Waals surface area contributed by atoms with E-state index >= 15 is 0 Å². The molecule has 0 aliphatic rings. The van der Waals surface area contributed by atoms with Crippen LogP contribution in [0.2, 0.25) is 0 Å². The average molecular weight is 124 g/mol. The lowest BCUT2D eigenvalue weighted by Gasteiger charge is -2.10. The Morgan fingerprint density at radius 3 is 2.00 bits per heavy atom. The van der Waals surface area contributed by atoms with Gasteiger partial charge in [-0.25, -0.2) is 0 Å². The van der Waals surface area contributed by atoms with E-state index in [1.165, 1.54) is 6.92 Å². The van der Waals surface area contributed by atoms with Crippen molar-refractivity contribution < 1.29 is 4.74 Å². The van der Waals surface area contributed by atoms with Crippen molar-refractivity contribution >= 4 is 0 Å². The molecule has 0 spiro atoms. The maximum atomic E-state index is 8.32. The van der Waals surface area contributed by atoms with E-state index in [4.69, 9.17) is 15.3 Å². The molecule has 0 aromatic heterocycles. The first-order valence-electron chi connectivity index (χ1n) is 2.65. The number of rotatable bonds is 2. The van der Waals surface area contributed by atoms with E-state index in [9.17, 15) is 0 Å². The van der Waals surface area contributed by atoms with Crippen LogP contribution in [0.25, 0.3) is 0 Å². The summed E-state index contributed by atoms with van der Waals surface area (Å²) in [6.07, 6.45) is 0. The molecule has 0 amide bonds. The number of nitriles is 2. The van der Waals surface area contributed by atoms with Gasteiger partial charge in [-0.3, -0.25) is 0 Å². The maximum Gasteiger partial charge on any atom is 0.238 e. The van der Waals surface area contributed by atoms with E-state index in [0.29, 0.717) is 6.61 Å². The lowest BCUT2D eigenvalue weighted by Crippen LogP contribution is -2.23. The van der Waals surface area contributed by atoms with Gasteiger partial charge in [-0.2, -0.15) is 10.5 Å². The zero-order valence-electron chi connectivity index (χ0n) is 5.51. The third kappa shape index (κ3) is 2.12. The third-order valence-electron chi connectivity index (χ3n) is 0.860. The van der Waals surface area contributed by atoms with Gasteiger partial charge in [-0.15, -0.1) is 0 Å². The van der Waals surface area contributed by atoms with Gasteiger partial charge in [-0.1, -0.05) is 0 Å². The molecule has 0 aromatic carbocycles. The summed E-state index contributed by atoms with van der Waals surface area (Å²) in [4.78, 5) is 0. The third-order valence-corrected chi connectivity index (χ3v) is 0.860. The molecule has 0 saturated carbocycles. The summed E-state index contributed by atoms with van der Waals surface area (Å²) in [6.45, 7) is 3.57. The minimum absolute atomic E-state index is 0.387. The van der Waals surface area contributed by atoms with E-state index in [1.54, 1.807) is 19.1 Å². The predicted octanol–water partition coefficient (Wildman–Crippen LogP) is 0.829. The highest BCUT2D eigenvalue weighted by Gasteiger charge is 2.22. The Morgan fingerprint density at radius 1 is 1.44 bits per heavy atom. The molecule has 0 atom stereocenters. The molecule has 0 fully saturated rings. The second-order valence-electron chi connectivity index (χ2n) is 1.69. The Morgan fingerprint density at radius 2 is 1.89 bits per heavy atom. The van der Waals surface area contributed by atoms with E-state index in [-0.39, 0.29) is 0 Å². The first-order valence-corrected chi connectivity index (χ1v) is 2.65. The first kappa shape index (κ1) is 7.94. The number of nitrogens with zero attached hydrogens (tertiary/aromatic N) is 2. The molecule has 0 radical (unpaired) electrons. The highest BCUT2D eigenvalue weighted by molar-refractivity contribution is 5.14. The fraction of sp³-hybridized carbons (Fsp3) is 0.667. The van der Waals surface area contributed by atoms with Crippen LogP contribution >= 0.6 is 0 Å². The van der Waals surface area contributed by atoms with Gasteiger partial charge in [0.1, 0.15) is 12.1 Å². The van der Waals surface area contributed by atoms with Crippen molar-refractivity contribution in [3.05, 3.63) is 0 Å². The van der Waals surface area contributed by atoms with Crippen LogP contribution in [-0.4, -0.2) is 12.2 Å². The zero-order valence-corrected chi connectivity index (χ0v) is 5.51. The monoisotopic (exact) mass is 124 g/mol. The Kier molecular flexibility index (Phi) is 2.70. The van der Waals surface area contributed by atoms with E-state index < -0.39 is 5.60 Å². The Bertz CT molecular complexity index is 149. The van der Waals surface area contributed by atoms with E-state index in [1.807, 2.05) is 0 Å². The summed E-state index contributed by atoms with van der Waals surface area (Å²) in [5, 5.41) is 16.6. The normalized spacial score (nSPS) is 9.78. The molecule has 48 valence electrons. The number of hydrogen-bond donors (Lipinski definition) is 0. The lowest BCUT2D eigenvalue weighted by molar-refractivity contribution is 0.0624. The fourth-order valence-corrected chi connectivity index (χ4v) is 0.378. The number of ether oxygens (including phenoxy) is 1. The van der Waals surface area contributed by atoms with Crippen molar-refractivity contribution in [3.63, 3.8) is 0 Å². The minimum Gasteiger partial charge on any atom is -0.349 e. The molecule has 9 heavy (non-hydrogen) atoms. The molecule has 0 aliphatic heterocycles. The Labute approximate surface area is 54.5 Å². The summed E-state index contributed by atoms with van der Waals surface area (Å²) in [7, 11) is 0. The number of hydrogen-bond acceptors (Lipinski definition) is 3. The topological polar surface area (TPSA) is 56.8 Å². The van der Waals surface area contributed by atoms with Crippen LogP contribution in [0.1, 0.15) is 13.8 Å². The molecule has 0 aromatic rings. The molecule has 0 N–H and O–H groups in total. The molecule has 0 rings (SSSR count). The van der Waals surface area contributed by atoms with Crippen LogP contribution in [-0.2, 0) is 4.74 Å². The highest BCUT2D eigenvalue weighted by atomic mass is 16.5. The summed E-state index contributed by atoms with van der Waals surface area (Å²) in [5.74, 6) is 0. The first-order chi connectivity index (χ1) is 4.18. The molecule has 0 aliphatic carbocycles. The quantitative estimate of drug-likeness (QED) is 0.547. The van der Waals surface area contributed by atoms with Gasteiger partial charge < -0.3 is 4.74 Å². The van der Waals surface area contributed by atoms with Crippen LogP contribution in [0.4, 0.5) is 0 Å². The summed E-state index contributed by atoms with van der Waals surface area (Å²) in [5.41, 5.74) is -1.26. The van der Waals surface area contributed by atoms with Gasteiger partial charge in [0.2, 0.25) is 5.60 Å². The smallest absolute Gasteiger partial charge is 0.238 e. The van der Waals surface area contributed by atoms with Gasteiger partial charge in [0.05, 0.1) is 0 Å². The van der Waals surface area contributed by atoms with Crippen molar-refractivity contribution in [1.29, 1.82) is 10.5 Å². The minimum atomic E-state index is -1.26. The SMILES string of the molecule is CCOC(C)(C#N)C#N. The molecule has 0 saturated heterocycles. The zero-order chi connectivity index (χ0) is 7.33. The van der Waals surface area contributed by atoms with Crippen LogP contribution in [0, 0.1) is 22.7 Å². The molecule has 3 nitrogen and oxygen atoms in total. The second kappa shape index (κ2) is 3.06. The summed E-state index contributed by atoms with van der Waals surface area (Å²) < 4.78 is 4.81. The van der Waals surface area contributed by atoms with E-state index in [2.05, 4.69) is 0 Å². The van der Waals surface area contributed by atoms with Crippen molar-refractivity contribution in [2.24, 2.45) is 0 Å². The van der Waals surface area contributed by atoms with Crippen LogP contribution < -0.4 is 0 Å². The van der Waals surface area contributed by atoms with Gasteiger partial charge >= 0.3 is 0 Å². The van der Waals surface area contributed by atoms with Gasteiger partial charge in [0, 0.05) is 6.61 Å². The lowest BCUT2D eigenvalue weighted by atomic mass is 10.2. The van der Waals surface area contributed by atoms with Crippen molar-refractivity contribution in [2.45, 2.75) is 19.4 Å². The Hall–Kier alpha value is -1.06. The molecular weight excluding hydrogens is 116 g/mol. The van der Waals surface area contributed by atoms with E-state index in [0.717, 1.165) is 0 Å². The Balaban J connectivity index is 4.02. The van der Waals surface area contributed by atoms with Crippen LogP contribution in [0.3, 0.4) is 0 Å². The average Bonchev–Trinajstić information content (AvgIpc) is 1.89. The molecule has 3 heteroatoms. The van der Waals surface area contributed by atoms with Crippen molar-refractivity contribution in [2.75, 3.05) is 6.61 Å². The molecule has 0 bridgehead atoms. The fourth-order valence-electron chi connectivity index (χ4n) is 0.378. The highest BCUT2D eigenvalue weighted by Crippen LogP contribution is 2.05. The molecule has 0 unspecified atom stereocenters. The van der Waals surface area contributed by atoms with Crippen LogP contribution in [0.5, 0.6) is 0 Å². The molecule has 0 heterocycles. The van der Waals surface area contributed by atoms with Crippen molar-refractivity contribution in [1.82, 2.24) is 0 Å². The maximum absolute atomic E-state index is 8.32. The van der Waals surface area contributed by atoms with Gasteiger partial charge in [0.25, 0.3) is 0 Å². The summed E-state index contributed by atoms with van der Waals surface area (Å²) in [6, 6.07) is 3.49. The van der Waals surface area contributed by atoms with Gasteiger partial charge in [0.15, 0.2) is 0 Å². The standard InChI is InChI=1S/C6H8N2O/c1-3-9-6(2,4-7)5-8/h3H2,1-2H3. The predicted molar refractivity (Wildman–Crippen MR) is 31.3 cm³/mol. The molecular formula is C6H8N2O.